The second-order valence-corrected chi connectivity index (χ2v) is 7.53. The molecule has 5 heteroatoms. The molecule has 0 saturated heterocycles. The van der Waals surface area contributed by atoms with Gasteiger partial charge in [-0.25, -0.2) is 9.59 Å². The summed E-state index contributed by atoms with van der Waals surface area (Å²) in [4.78, 5) is 23.0. The molecular formula is C23H44O5. The highest BCUT2D eigenvalue weighted by Gasteiger charge is 2.07. The van der Waals surface area contributed by atoms with Crippen molar-refractivity contribution in [1.82, 2.24) is 0 Å². The molecular weight excluding hydrogens is 356 g/mol. The van der Waals surface area contributed by atoms with E-state index in [-0.39, 0.29) is 13.2 Å². The third-order valence-corrected chi connectivity index (χ3v) is 4.71. The molecule has 0 aliphatic carbocycles. The van der Waals surface area contributed by atoms with Crippen molar-refractivity contribution in [1.29, 1.82) is 0 Å². The van der Waals surface area contributed by atoms with Crippen LogP contribution < -0.4 is 0 Å². The smallest absolute Gasteiger partial charge is 0.332 e. The van der Waals surface area contributed by atoms with E-state index in [2.05, 4.69) is 13.8 Å². The fourth-order valence-corrected chi connectivity index (χ4v) is 2.97. The quantitative estimate of drug-likeness (QED) is 0.175. The van der Waals surface area contributed by atoms with Gasteiger partial charge in [-0.05, 0) is 12.8 Å². The molecule has 0 rings (SSSR count). The predicted octanol–water partition coefficient (Wildman–Crippen LogP) is 5.98. The molecule has 166 valence electrons. The first-order valence-electron chi connectivity index (χ1n) is 11.6. The van der Waals surface area contributed by atoms with E-state index in [0.717, 1.165) is 38.5 Å². The van der Waals surface area contributed by atoms with Crippen molar-refractivity contribution in [3.05, 3.63) is 0 Å². The molecule has 28 heavy (non-hydrogen) atoms. The molecule has 0 fully saturated rings. The van der Waals surface area contributed by atoms with Crippen molar-refractivity contribution in [2.24, 2.45) is 0 Å². The molecule has 0 radical (unpaired) electrons. The van der Waals surface area contributed by atoms with Crippen molar-refractivity contribution in [3.63, 3.8) is 0 Å². The number of carbonyl (C=O) groups excluding carboxylic acids is 2. The van der Waals surface area contributed by atoms with Gasteiger partial charge in [-0.15, -0.1) is 0 Å². The lowest BCUT2D eigenvalue weighted by atomic mass is 10.1. The van der Waals surface area contributed by atoms with Crippen molar-refractivity contribution in [2.75, 3.05) is 26.4 Å². The number of hydrogen-bond donors (Lipinski definition) is 0. The summed E-state index contributed by atoms with van der Waals surface area (Å²) in [5, 5.41) is 0. The SMILES string of the molecule is CCCCCCCCCCCCCOC(=O)COCC(=O)OCCCCCC. The molecule has 0 saturated carbocycles. The highest BCUT2D eigenvalue weighted by Crippen LogP contribution is 2.11. The second kappa shape index (κ2) is 22.2. The zero-order valence-electron chi connectivity index (χ0n) is 18.5. The van der Waals surface area contributed by atoms with Crippen LogP contribution in [0.2, 0.25) is 0 Å². The van der Waals surface area contributed by atoms with Crippen LogP contribution in [0.1, 0.15) is 110 Å². The molecule has 0 aromatic rings. The fourth-order valence-electron chi connectivity index (χ4n) is 2.97. The first kappa shape index (κ1) is 26.9. The normalized spacial score (nSPS) is 10.8. The Morgan fingerprint density at radius 1 is 0.500 bits per heavy atom. The predicted molar refractivity (Wildman–Crippen MR) is 113 cm³/mol. The summed E-state index contributed by atoms with van der Waals surface area (Å²) in [7, 11) is 0. The van der Waals surface area contributed by atoms with Crippen molar-refractivity contribution < 1.29 is 23.8 Å². The molecule has 0 spiro atoms. The van der Waals surface area contributed by atoms with Crippen molar-refractivity contribution >= 4 is 11.9 Å². The van der Waals surface area contributed by atoms with Gasteiger partial charge in [0, 0.05) is 0 Å². The Labute approximate surface area is 172 Å². The van der Waals surface area contributed by atoms with Crippen molar-refractivity contribution in [2.45, 2.75) is 110 Å². The average molecular weight is 401 g/mol. The standard InChI is InChI=1S/C23H44O5/c1-3-5-7-9-10-11-12-13-14-15-17-19-28-23(25)21-26-20-22(24)27-18-16-8-6-4-2/h3-21H2,1-2H3. The number of carbonyl (C=O) groups is 2. The summed E-state index contributed by atoms with van der Waals surface area (Å²) in [5.74, 6) is -0.836. The molecule has 0 amide bonds. The van der Waals surface area contributed by atoms with Crippen LogP contribution in [-0.2, 0) is 23.8 Å². The van der Waals surface area contributed by atoms with Gasteiger partial charge in [-0.1, -0.05) is 97.3 Å². The summed E-state index contributed by atoms with van der Waals surface area (Å²) < 4.78 is 15.2. The van der Waals surface area contributed by atoms with Crippen LogP contribution in [-0.4, -0.2) is 38.4 Å². The van der Waals surface area contributed by atoms with Gasteiger partial charge >= 0.3 is 11.9 Å². The Hall–Kier alpha value is -1.10. The minimum absolute atomic E-state index is 0.192. The van der Waals surface area contributed by atoms with E-state index < -0.39 is 11.9 Å². The van der Waals surface area contributed by atoms with Crippen LogP contribution in [0.4, 0.5) is 0 Å². The van der Waals surface area contributed by atoms with E-state index in [9.17, 15) is 9.59 Å². The summed E-state index contributed by atoms with van der Waals surface area (Å²) in [5.41, 5.74) is 0. The van der Waals surface area contributed by atoms with Gasteiger partial charge in [0.1, 0.15) is 13.2 Å². The maximum absolute atomic E-state index is 11.5. The molecule has 0 N–H and O–H groups in total. The lowest BCUT2D eigenvalue weighted by Gasteiger charge is -2.07. The molecule has 0 aliphatic rings. The lowest BCUT2D eigenvalue weighted by molar-refractivity contribution is -0.155. The largest absolute Gasteiger partial charge is 0.464 e. The minimum atomic E-state index is -0.422. The van der Waals surface area contributed by atoms with Gasteiger partial charge in [0.2, 0.25) is 0 Å². The average Bonchev–Trinajstić information content (AvgIpc) is 2.68. The Morgan fingerprint density at radius 2 is 0.821 bits per heavy atom. The summed E-state index contributed by atoms with van der Waals surface area (Å²) in [6, 6.07) is 0. The van der Waals surface area contributed by atoms with Gasteiger partial charge in [-0.2, -0.15) is 0 Å². The van der Waals surface area contributed by atoms with Gasteiger partial charge in [0.25, 0.3) is 0 Å². The number of ether oxygens (including phenoxy) is 3. The number of rotatable bonds is 21. The number of unbranched alkanes of at least 4 members (excludes halogenated alkanes) is 13. The van der Waals surface area contributed by atoms with Crippen LogP contribution in [0.5, 0.6) is 0 Å². The monoisotopic (exact) mass is 400 g/mol. The number of hydrogen-bond acceptors (Lipinski definition) is 5. The Bertz CT molecular complexity index is 357. The maximum atomic E-state index is 11.5. The van der Waals surface area contributed by atoms with E-state index in [1.165, 1.54) is 57.8 Å². The van der Waals surface area contributed by atoms with E-state index >= 15 is 0 Å². The third-order valence-electron chi connectivity index (χ3n) is 4.71. The lowest BCUT2D eigenvalue weighted by Crippen LogP contribution is -2.19. The summed E-state index contributed by atoms with van der Waals surface area (Å²) in [6.45, 7) is 4.85. The van der Waals surface area contributed by atoms with E-state index in [0.29, 0.717) is 13.2 Å². The van der Waals surface area contributed by atoms with E-state index in [1.807, 2.05) is 0 Å². The molecule has 0 bridgehead atoms. The molecule has 0 aromatic heterocycles. The fraction of sp³-hybridized carbons (Fsp3) is 0.913. The topological polar surface area (TPSA) is 61.8 Å². The van der Waals surface area contributed by atoms with Crippen LogP contribution in [0.25, 0.3) is 0 Å². The third kappa shape index (κ3) is 21.2. The Kier molecular flexibility index (Phi) is 21.3. The second-order valence-electron chi connectivity index (χ2n) is 7.53. The van der Waals surface area contributed by atoms with Crippen LogP contribution >= 0.6 is 0 Å². The first-order valence-corrected chi connectivity index (χ1v) is 11.6. The van der Waals surface area contributed by atoms with Gasteiger partial charge in [0.05, 0.1) is 13.2 Å². The van der Waals surface area contributed by atoms with Crippen LogP contribution in [0.3, 0.4) is 0 Å². The molecule has 0 heterocycles. The van der Waals surface area contributed by atoms with Crippen LogP contribution in [0.15, 0.2) is 0 Å². The Morgan fingerprint density at radius 3 is 1.21 bits per heavy atom. The minimum Gasteiger partial charge on any atom is -0.464 e. The summed E-state index contributed by atoms with van der Waals surface area (Å²) >= 11 is 0. The van der Waals surface area contributed by atoms with Crippen LogP contribution in [0, 0.1) is 0 Å². The Balaban J connectivity index is 3.27. The number of esters is 2. The first-order chi connectivity index (χ1) is 13.7. The molecule has 0 aliphatic heterocycles. The molecule has 5 nitrogen and oxygen atoms in total. The van der Waals surface area contributed by atoms with Gasteiger partial charge in [-0.3, -0.25) is 0 Å². The summed E-state index contributed by atoms with van der Waals surface area (Å²) in [6.07, 6.45) is 18.2. The van der Waals surface area contributed by atoms with E-state index in [4.69, 9.17) is 14.2 Å². The maximum Gasteiger partial charge on any atom is 0.332 e. The highest BCUT2D eigenvalue weighted by atomic mass is 16.6. The zero-order valence-corrected chi connectivity index (χ0v) is 18.5. The zero-order chi connectivity index (χ0) is 20.7. The molecule has 0 unspecified atom stereocenters. The van der Waals surface area contributed by atoms with Crippen molar-refractivity contribution in [3.8, 4) is 0 Å². The van der Waals surface area contributed by atoms with Gasteiger partial charge < -0.3 is 14.2 Å². The molecule has 0 aromatic carbocycles. The van der Waals surface area contributed by atoms with Gasteiger partial charge in [0.15, 0.2) is 0 Å². The van der Waals surface area contributed by atoms with E-state index in [1.54, 1.807) is 0 Å². The highest BCUT2D eigenvalue weighted by molar-refractivity contribution is 5.73. The molecule has 0 atom stereocenters.